The molecule has 14 aromatic carbocycles. The molecule has 0 N–H and O–H groups in total. The van der Waals surface area contributed by atoms with E-state index in [1.165, 1.54) is 103 Å². The van der Waals surface area contributed by atoms with Gasteiger partial charge in [0.05, 0.1) is 11.2 Å². The van der Waals surface area contributed by atoms with Crippen LogP contribution in [0.2, 0.25) is 0 Å². The first-order valence-corrected chi connectivity index (χ1v) is 30.9. The Morgan fingerprint density at radius 3 is 0.898 bits per heavy atom. The molecule has 17 rings (SSSR count). The first-order chi connectivity index (χ1) is 43.0. The second-order valence-corrected chi connectivity index (χ2v) is 24.6. The lowest BCUT2D eigenvalue weighted by Gasteiger charge is -2.32. The van der Waals surface area contributed by atoms with E-state index in [1.807, 2.05) is 24.3 Å². The predicted molar refractivity (Wildman–Crippen MR) is 375 cm³/mol. The van der Waals surface area contributed by atoms with E-state index in [0.29, 0.717) is 0 Å². The zero-order valence-electron chi connectivity index (χ0n) is 49.3. The molecule has 88 heavy (non-hydrogen) atoms. The van der Waals surface area contributed by atoms with E-state index in [4.69, 9.17) is 18.1 Å². The third-order valence-corrected chi connectivity index (χ3v) is 18.8. The van der Waals surface area contributed by atoms with Gasteiger partial charge in [0.15, 0.2) is 0 Å². The first-order valence-electron chi connectivity index (χ1n) is 30.1. The summed E-state index contributed by atoms with van der Waals surface area (Å²) in [5, 5.41) is 14.6. The van der Waals surface area contributed by atoms with Crippen molar-refractivity contribution in [3.8, 4) is 55.6 Å². The average molecular weight is 1200 g/mol. The van der Waals surface area contributed by atoms with Crippen LogP contribution in [-0.4, -0.2) is 18.3 Å². The van der Waals surface area contributed by atoms with Gasteiger partial charge in [0.1, 0.15) is 22.3 Å². The molecule has 422 valence electrons. The summed E-state index contributed by atoms with van der Waals surface area (Å²) in [6.07, 6.45) is 0. The van der Waals surface area contributed by atoms with Crippen molar-refractivity contribution < 1.29 is 18.1 Å². The fourth-order valence-corrected chi connectivity index (χ4v) is 13.5. The van der Waals surface area contributed by atoms with Crippen LogP contribution < -0.4 is 5.46 Å². The second kappa shape index (κ2) is 22.5. The summed E-state index contributed by atoms with van der Waals surface area (Å²) >= 11 is 3.79. The molecule has 0 radical (unpaired) electrons. The Bertz CT molecular complexity index is 5150. The van der Waals surface area contributed by atoms with Crippen molar-refractivity contribution in [3.63, 3.8) is 0 Å². The molecule has 3 heterocycles. The average Bonchev–Trinajstić information content (AvgIpc) is 1.04. The van der Waals surface area contributed by atoms with Crippen molar-refractivity contribution in [2.24, 2.45) is 0 Å². The van der Waals surface area contributed by atoms with Crippen LogP contribution in [0.15, 0.2) is 304 Å². The molecule has 0 unspecified atom stereocenters. The highest BCUT2D eigenvalue weighted by Crippen LogP contribution is 2.46. The number of benzene rings is 14. The van der Waals surface area contributed by atoms with E-state index in [9.17, 15) is 0 Å². The molecular formula is C82H60BBrO4. The maximum absolute atomic E-state index is 6.29. The Morgan fingerprint density at radius 1 is 0.250 bits per heavy atom. The van der Waals surface area contributed by atoms with E-state index in [2.05, 4.69) is 311 Å². The van der Waals surface area contributed by atoms with Gasteiger partial charge in [-0.05, 0) is 190 Å². The van der Waals surface area contributed by atoms with E-state index >= 15 is 0 Å². The highest BCUT2D eigenvalue weighted by molar-refractivity contribution is 9.10. The minimum Gasteiger partial charge on any atom is -0.456 e. The van der Waals surface area contributed by atoms with Gasteiger partial charge in [-0.25, -0.2) is 0 Å². The van der Waals surface area contributed by atoms with Crippen LogP contribution >= 0.6 is 15.9 Å². The lowest BCUT2D eigenvalue weighted by atomic mass is 9.78. The van der Waals surface area contributed by atoms with Gasteiger partial charge in [0, 0.05) is 26.0 Å². The summed E-state index contributed by atoms with van der Waals surface area (Å²) in [6, 6.07) is 103. The van der Waals surface area contributed by atoms with Crippen LogP contribution in [0.4, 0.5) is 0 Å². The number of furan rings is 2. The zero-order valence-corrected chi connectivity index (χ0v) is 50.9. The van der Waals surface area contributed by atoms with Crippen molar-refractivity contribution in [1.29, 1.82) is 0 Å². The Labute approximate surface area is 520 Å². The van der Waals surface area contributed by atoms with Crippen LogP contribution in [0, 0.1) is 0 Å². The third kappa shape index (κ3) is 9.84. The quantitative estimate of drug-likeness (QED) is 0.123. The molecule has 0 aliphatic carbocycles. The maximum Gasteiger partial charge on any atom is 0.494 e. The zero-order chi connectivity index (χ0) is 59.5. The monoisotopic (exact) mass is 1200 g/mol. The summed E-state index contributed by atoms with van der Waals surface area (Å²) in [4.78, 5) is 0. The van der Waals surface area contributed by atoms with E-state index in [0.717, 1.165) is 49.3 Å². The fourth-order valence-electron chi connectivity index (χ4n) is 12.8. The molecule has 0 amide bonds. The van der Waals surface area contributed by atoms with Gasteiger partial charge in [0.2, 0.25) is 0 Å². The van der Waals surface area contributed by atoms with Crippen molar-refractivity contribution in [3.05, 3.63) is 296 Å². The highest BCUT2D eigenvalue weighted by atomic mass is 79.9. The summed E-state index contributed by atoms with van der Waals surface area (Å²) in [5.74, 6) is 0. The summed E-state index contributed by atoms with van der Waals surface area (Å²) in [7, 11) is -0.378. The molecule has 4 nitrogen and oxygen atoms in total. The molecule has 2 aromatic heterocycles. The van der Waals surface area contributed by atoms with Crippen LogP contribution in [0.3, 0.4) is 0 Å². The number of hydrogen-bond donors (Lipinski definition) is 0. The Balaban J connectivity index is 0.000000117. The van der Waals surface area contributed by atoms with Gasteiger partial charge in [-0.15, -0.1) is 0 Å². The predicted octanol–water partition coefficient (Wildman–Crippen LogP) is 22.9. The third-order valence-electron chi connectivity index (χ3n) is 17.9. The van der Waals surface area contributed by atoms with Crippen molar-refractivity contribution in [2.75, 3.05) is 0 Å². The summed E-state index contributed by atoms with van der Waals surface area (Å²) in [6.45, 7) is 8.30. The summed E-state index contributed by atoms with van der Waals surface area (Å²) in [5.41, 5.74) is 16.2. The van der Waals surface area contributed by atoms with Gasteiger partial charge in [-0.2, -0.15) is 0 Å². The largest absolute Gasteiger partial charge is 0.494 e. The van der Waals surface area contributed by atoms with Crippen molar-refractivity contribution in [1.82, 2.24) is 0 Å². The molecule has 0 bridgehead atoms. The maximum atomic E-state index is 6.29. The number of fused-ring (bicyclic) bond motifs is 10. The van der Waals surface area contributed by atoms with Gasteiger partial charge in [-0.3, -0.25) is 0 Å². The van der Waals surface area contributed by atoms with Crippen LogP contribution in [-0.2, 0) is 9.31 Å². The smallest absolute Gasteiger partial charge is 0.456 e. The molecule has 1 saturated heterocycles. The second-order valence-electron chi connectivity index (χ2n) is 23.8. The Hall–Kier alpha value is -9.82. The summed E-state index contributed by atoms with van der Waals surface area (Å²) < 4.78 is 26.0. The van der Waals surface area contributed by atoms with E-state index < -0.39 is 0 Å². The topological polar surface area (TPSA) is 44.7 Å². The Kier molecular flexibility index (Phi) is 14.0. The number of halogens is 1. The molecule has 1 aliphatic heterocycles. The fraction of sp³-hybridized carbons (Fsp3) is 0.0732. The molecule has 0 atom stereocenters. The van der Waals surface area contributed by atoms with Crippen molar-refractivity contribution in [2.45, 2.75) is 38.9 Å². The molecule has 1 aliphatic rings. The highest BCUT2D eigenvalue weighted by Gasteiger charge is 2.51. The standard InChI is InChI=1S/C38H24O.C24H23BO3.C20H13Br/c1-3-11-25(12-4-1)27-19-21-35-33(23-27)34-24-28(20-22-36(34)39-35)38-31-17-9-7-15-29(31)37(26-13-5-2-6-14-26)30-16-8-10-18-32(30)38;1-23(2)24(3,4)28-25(27-23)18-11-13-22-20(15-18)19-14-17(10-12-21(19)26-22)16-8-6-5-7-9-16;21-20-17-12-6-4-10-15(17)19(14-8-2-1-3-9-14)16-11-5-7-13-18(16)20/h1-24H;5-15H,1-4H3;1-13H. The van der Waals surface area contributed by atoms with Crippen molar-refractivity contribution >= 4 is 115 Å². The minimum atomic E-state index is -0.378. The minimum absolute atomic E-state index is 0.356. The molecule has 16 aromatic rings. The normalized spacial score (nSPS) is 13.6. The number of hydrogen-bond acceptors (Lipinski definition) is 4. The van der Waals surface area contributed by atoms with Gasteiger partial charge < -0.3 is 18.1 Å². The van der Waals surface area contributed by atoms with Gasteiger partial charge in [0.25, 0.3) is 0 Å². The lowest BCUT2D eigenvalue weighted by molar-refractivity contribution is 0.00578. The van der Waals surface area contributed by atoms with E-state index in [-0.39, 0.29) is 18.3 Å². The molecule has 6 heteroatoms. The van der Waals surface area contributed by atoms with E-state index in [1.54, 1.807) is 0 Å². The van der Waals surface area contributed by atoms with Gasteiger partial charge >= 0.3 is 7.12 Å². The van der Waals surface area contributed by atoms with Crippen LogP contribution in [0.1, 0.15) is 27.7 Å². The lowest BCUT2D eigenvalue weighted by Crippen LogP contribution is -2.41. The first kappa shape index (κ1) is 54.8. The Morgan fingerprint density at radius 2 is 0.523 bits per heavy atom. The molecular weight excluding hydrogens is 1140 g/mol. The molecule has 1 fully saturated rings. The van der Waals surface area contributed by atoms with Gasteiger partial charge in [-0.1, -0.05) is 249 Å². The SMILES string of the molecule is Brc1c2ccccc2c(-c2ccccc2)c2ccccc12.CC1(C)OB(c2ccc3oc4ccc(-c5ccccc5)cc4c3c2)OC1(C)C.c1ccc(-c2ccc3oc4ccc(-c5c6ccccc6c(-c6ccccc6)c6ccccc56)cc4c3c2)cc1. The molecule has 0 spiro atoms. The number of rotatable bonds is 6. The molecule has 0 saturated carbocycles. The van der Waals surface area contributed by atoms with Crippen LogP contribution in [0.5, 0.6) is 0 Å². The van der Waals surface area contributed by atoms with Crippen LogP contribution in [0.25, 0.3) is 143 Å².